The molecule has 0 aromatic rings. The zero-order chi connectivity index (χ0) is 107. The molecule has 0 aromatic carbocycles. The molecule has 3 saturated carbocycles. The molecular formula is C90H161N11O28S12. The van der Waals surface area contributed by atoms with Crippen molar-refractivity contribution < 1.29 is 136 Å². The number of hydrogen-bond donors (Lipinski definition) is 16. The number of rotatable bonds is 66. The maximum absolute atomic E-state index is 13.2. The summed E-state index contributed by atoms with van der Waals surface area (Å²) in [6, 6.07) is -6.16. The van der Waals surface area contributed by atoms with Gasteiger partial charge in [-0.1, -0.05) is 98.9 Å². The molecule has 12 unspecified atom stereocenters. The number of carboxylic acid groups (broad SMARTS) is 5. The standard InChI is InChI=1S/C31H50N4O9S4.C27H48N2O7S4.C11H20N2O6S2.C8H18N2S2.C7H11NO4.C5H10O2.CH4/c1-4-5-14-45-25-8-9-26(25)46-15-6-7-24(38)22(34-29(41)12-10-27(39)32-16-20(2)36)18-47-48-19-23(31(43)44)35-30(42)13-11-28(40)33-17-21(3)37;1-8-9-14-37-21-12-13-22(21)38-15-10-11-20(30)18(28-24(33)35-26(2,3)4)16-39-40-17-19(23(31)32)29-25(34)36-27(5,6)7;1-11(2,3)19-10(18)13-7(9(16)17)5-21-20-4-6(12)8(14)15;9-3-5-11-7-1-2-8(7)12-6-4-10;1-5(9)4-8-6(10)2-3-7(11)12;1-5(2,3)7-4-6;/h22-23,25-26H,4-19H2,1-3H3,(H,32,39)(H,33,40)(H,34,41)(H,35,42)(H,43,44);18-19,21-22H,8-17H2,1-7H3,(H,28,33)(H,29,34)(H,31,32);6-7H,4-5,12H2,1-3H3,(H,13,18)(H,14,15)(H,16,17);7-8H,1-6,9-10H2;2-4H2,1H3,(H,8,10)(H,11,12);4H,1-3H3;1H4. The Kier molecular flexibility index (Phi) is 82.8. The number of carbonyl (C=O) groups is 19. The Bertz CT molecular complexity index is 3710. The number of ether oxygens (including phenoxy) is 4. The molecule has 3 aliphatic rings. The maximum atomic E-state index is 13.2. The summed E-state index contributed by atoms with van der Waals surface area (Å²) in [5, 5.41) is 68.7. The molecule has 0 aliphatic heterocycles. The summed E-state index contributed by atoms with van der Waals surface area (Å²) >= 11 is 12.0. The summed E-state index contributed by atoms with van der Waals surface area (Å²) in [6.45, 7) is 31.0. The second kappa shape index (κ2) is 82.4. The molecule has 19 N–H and O–H groups in total. The van der Waals surface area contributed by atoms with Gasteiger partial charge in [0.2, 0.25) is 29.5 Å². The molecule has 3 fully saturated rings. The minimum absolute atomic E-state index is 0. The lowest BCUT2D eigenvalue weighted by Crippen LogP contribution is -2.45. The molecule has 51 heteroatoms. The molecule has 0 spiro atoms. The van der Waals surface area contributed by atoms with Gasteiger partial charge < -0.3 is 104 Å². The highest BCUT2D eigenvalue weighted by atomic mass is 33.1. The smallest absolute Gasteiger partial charge is 0.408 e. The van der Waals surface area contributed by atoms with E-state index in [0.717, 1.165) is 90.7 Å². The molecule has 141 heavy (non-hydrogen) atoms. The van der Waals surface area contributed by atoms with Crippen molar-refractivity contribution in [3.63, 3.8) is 0 Å². The number of ketones is 5. The molecule has 3 aliphatic carbocycles. The SMILES string of the molecule is C.CC(=O)CNC(=O)CCC(=O)O.CC(C)(C)OC(=O)NC(CSSCC(N)C(=O)O)C(=O)O.CC(C)(C)OC=O.CCCCSC1CCC1SCCCC(=O)C(CSSCC(NC(=O)CCC(=O)NCC(C)=O)C(=O)O)NC(=O)CCC(=O)NCC(C)=O.CCCCSC1CCC1SCCCC(=O)C(CSSCC(NC(=O)OC(C)(C)C)C(=O)O)NC(=O)OC(C)(C)C.NCCSC1CCC1SCCN. The van der Waals surface area contributed by atoms with Crippen molar-refractivity contribution >= 4 is 248 Å². The number of Topliss-reactive ketones (excluding diaryl/α,β-unsaturated/α-hetero) is 5. The van der Waals surface area contributed by atoms with Crippen LogP contribution in [0.15, 0.2) is 0 Å². The number of aliphatic carboxylic acids is 5. The largest absolute Gasteiger partial charge is 0.481 e. The van der Waals surface area contributed by atoms with Crippen LogP contribution in [0.25, 0.3) is 0 Å². The number of thioether (sulfide) groups is 6. The van der Waals surface area contributed by atoms with Crippen molar-refractivity contribution in [3.05, 3.63) is 0 Å². The number of carboxylic acids is 5. The average molecular weight is 2230 g/mol. The van der Waals surface area contributed by atoms with Crippen molar-refractivity contribution in [1.29, 1.82) is 0 Å². The third-order valence-corrected chi connectivity index (χ3v) is 34.7. The van der Waals surface area contributed by atoms with E-state index in [-0.39, 0.29) is 141 Å². The lowest BCUT2D eigenvalue weighted by Gasteiger charge is -2.35. The summed E-state index contributed by atoms with van der Waals surface area (Å²) in [7, 11) is 7.01. The Hall–Kier alpha value is -5.59. The fourth-order valence-electron chi connectivity index (χ4n) is 10.3. The molecule has 39 nitrogen and oxygen atoms in total. The average Bonchev–Trinajstić information content (AvgIpc) is 0.864. The molecular weight excluding hydrogens is 2070 g/mol. The van der Waals surface area contributed by atoms with Crippen LogP contribution in [0, 0.1) is 0 Å². The summed E-state index contributed by atoms with van der Waals surface area (Å²) in [6.07, 6.45) is 11.2. The first-order chi connectivity index (χ1) is 65.4. The first-order valence-electron chi connectivity index (χ1n) is 46.2. The quantitative estimate of drug-likeness (QED) is 0.0116. The highest BCUT2D eigenvalue weighted by molar-refractivity contribution is 8.77. The van der Waals surface area contributed by atoms with Crippen LogP contribution in [0.3, 0.4) is 0 Å². The first kappa shape index (κ1) is 142. The minimum atomic E-state index is -1.27. The first-order valence-corrected chi connectivity index (χ1v) is 59.9. The van der Waals surface area contributed by atoms with Crippen molar-refractivity contribution in [2.45, 2.75) is 344 Å². The highest BCUT2D eigenvalue weighted by Crippen LogP contribution is 2.43. The molecule has 0 bridgehead atoms. The van der Waals surface area contributed by atoms with E-state index in [1.165, 1.54) is 129 Å². The van der Waals surface area contributed by atoms with Crippen LogP contribution < -0.4 is 59.7 Å². The van der Waals surface area contributed by atoms with Gasteiger partial charge in [-0.2, -0.15) is 70.6 Å². The van der Waals surface area contributed by atoms with Crippen molar-refractivity contribution in [2.24, 2.45) is 17.2 Å². The van der Waals surface area contributed by atoms with E-state index in [2.05, 4.69) is 72.9 Å². The Labute approximate surface area is 882 Å². The van der Waals surface area contributed by atoms with Crippen LogP contribution >= 0.6 is 135 Å². The maximum Gasteiger partial charge on any atom is 0.408 e. The second-order valence-corrected chi connectivity index (χ2v) is 51.5. The Balaban J connectivity index is -0.000000892. The van der Waals surface area contributed by atoms with Gasteiger partial charge in [0, 0.05) is 136 Å². The molecule has 8 amide bonds. The highest BCUT2D eigenvalue weighted by Gasteiger charge is 2.36. The number of carbonyl (C=O) groups excluding carboxylic acids is 14. The number of alkyl carbamates (subject to hydrolysis) is 3. The van der Waals surface area contributed by atoms with Gasteiger partial charge in [0.1, 0.15) is 70.0 Å². The number of hydrogen-bond acceptors (Lipinski definition) is 38. The number of unbranched alkanes of at least 4 members (excludes halogenated alkanes) is 2. The van der Waals surface area contributed by atoms with Gasteiger partial charge in [-0.05, 0) is 191 Å². The molecule has 816 valence electrons. The predicted molar refractivity (Wildman–Crippen MR) is 578 cm³/mol. The third kappa shape index (κ3) is 84.1. The fraction of sp³-hybridized carbons (Fsp3) is 0.789. The Morgan fingerprint density at radius 1 is 0.340 bits per heavy atom. The van der Waals surface area contributed by atoms with Crippen molar-refractivity contribution in [3.8, 4) is 0 Å². The monoisotopic (exact) mass is 2230 g/mol. The van der Waals surface area contributed by atoms with Gasteiger partial charge in [-0.15, -0.1) is 0 Å². The summed E-state index contributed by atoms with van der Waals surface area (Å²) in [4.78, 5) is 218. The van der Waals surface area contributed by atoms with E-state index in [0.29, 0.717) is 35.1 Å². The van der Waals surface area contributed by atoms with E-state index in [9.17, 15) is 101 Å². The zero-order valence-corrected chi connectivity index (χ0v) is 93.7. The molecule has 0 aromatic heterocycles. The molecule has 3 rings (SSSR count). The van der Waals surface area contributed by atoms with E-state index in [1.54, 1.807) is 62.3 Å². The number of nitrogens with two attached hydrogens (primary N) is 3. The van der Waals surface area contributed by atoms with Gasteiger partial charge in [0.05, 0.1) is 32.1 Å². The predicted octanol–water partition coefficient (Wildman–Crippen LogP) is 11.7. The summed E-state index contributed by atoms with van der Waals surface area (Å²) in [5.41, 5.74) is 13.7. The van der Waals surface area contributed by atoms with Crippen LogP contribution in [0.2, 0.25) is 0 Å². The topological polar surface area (TPSA) is 637 Å². The van der Waals surface area contributed by atoms with Gasteiger partial charge in [0.15, 0.2) is 11.6 Å². The van der Waals surface area contributed by atoms with E-state index >= 15 is 0 Å². The lowest BCUT2D eigenvalue weighted by atomic mass is 9.99. The summed E-state index contributed by atoms with van der Waals surface area (Å²) in [5.74, 6) is -2.16. The van der Waals surface area contributed by atoms with Gasteiger partial charge >= 0.3 is 48.1 Å². The second-order valence-electron chi connectivity index (χ2n) is 35.8. The van der Waals surface area contributed by atoms with E-state index in [4.69, 9.17) is 46.7 Å². The zero-order valence-electron chi connectivity index (χ0n) is 83.9. The third-order valence-electron chi connectivity index (χ3n) is 17.9. The summed E-state index contributed by atoms with van der Waals surface area (Å²) < 4.78 is 20.0. The normalized spacial score (nSPS) is 16.7. The lowest BCUT2D eigenvalue weighted by molar-refractivity contribution is -0.141. The fourth-order valence-corrected chi connectivity index (χ4v) is 26.3. The van der Waals surface area contributed by atoms with Crippen molar-refractivity contribution in [2.75, 3.05) is 102 Å². The van der Waals surface area contributed by atoms with Crippen LogP contribution in [0.4, 0.5) is 14.4 Å². The Morgan fingerprint density at radius 2 is 0.589 bits per heavy atom. The Morgan fingerprint density at radius 3 is 0.830 bits per heavy atom. The minimum Gasteiger partial charge on any atom is -0.481 e. The van der Waals surface area contributed by atoms with Crippen molar-refractivity contribution in [1.82, 2.24) is 42.5 Å². The van der Waals surface area contributed by atoms with Crippen LogP contribution in [-0.4, -0.2) is 330 Å². The van der Waals surface area contributed by atoms with E-state index in [1.807, 2.05) is 79.6 Å². The van der Waals surface area contributed by atoms with Crippen LogP contribution in [0.1, 0.15) is 254 Å². The van der Waals surface area contributed by atoms with Gasteiger partial charge in [0.25, 0.3) is 6.47 Å². The number of nitrogens with one attached hydrogen (secondary N) is 8. The van der Waals surface area contributed by atoms with Crippen LogP contribution in [0.5, 0.6) is 0 Å². The molecule has 0 heterocycles. The van der Waals surface area contributed by atoms with Crippen LogP contribution in [-0.2, 0) is 95.7 Å². The van der Waals surface area contributed by atoms with Gasteiger partial charge in [-0.25, -0.2) is 28.8 Å². The van der Waals surface area contributed by atoms with E-state index < -0.39 is 131 Å². The number of amides is 8. The molecule has 0 radical (unpaired) electrons. The molecule has 12 atom stereocenters. The molecule has 0 saturated heterocycles. The van der Waals surface area contributed by atoms with Gasteiger partial charge in [-0.3, -0.25) is 62.3 Å².